The summed E-state index contributed by atoms with van der Waals surface area (Å²) in [7, 11) is 3.69. The molecule has 0 spiro atoms. The highest BCUT2D eigenvalue weighted by atomic mass is 16.5. The molecule has 2 aliphatic rings. The summed E-state index contributed by atoms with van der Waals surface area (Å²) in [5.41, 5.74) is 9.44. The monoisotopic (exact) mass is 455 g/mol. The molecule has 2 aromatic heterocycles. The maximum atomic E-state index is 9.42. The minimum absolute atomic E-state index is 0.304. The lowest BCUT2D eigenvalue weighted by Crippen LogP contribution is -2.55. The Morgan fingerprint density at radius 2 is 2.00 bits per heavy atom. The van der Waals surface area contributed by atoms with Crippen LogP contribution in [0, 0.1) is 30.6 Å². The zero-order valence-corrected chi connectivity index (χ0v) is 20.3. The fraction of sp³-hybridized carbons (Fsp3) is 0.346. The van der Waals surface area contributed by atoms with Gasteiger partial charge in [0.1, 0.15) is 17.4 Å². The number of ether oxygens (including phenoxy) is 1. The van der Waals surface area contributed by atoms with Gasteiger partial charge in [0.2, 0.25) is 0 Å². The number of fused-ring (bicyclic) bond motifs is 1. The molecule has 8 nitrogen and oxygen atoms in total. The van der Waals surface area contributed by atoms with Gasteiger partial charge in [-0.2, -0.15) is 5.26 Å². The average Bonchev–Trinajstić information content (AvgIpc) is 3.15. The Morgan fingerprint density at radius 1 is 1.21 bits per heavy atom. The van der Waals surface area contributed by atoms with E-state index in [1.807, 2.05) is 63.4 Å². The largest absolute Gasteiger partial charge is 0.494 e. The van der Waals surface area contributed by atoms with Crippen LogP contribution in [0.1, 0.15) is 29.4 Å². The summed E-state index contributed by atoms with van der Waals surface area (Å²) in [4.78, 5) is 11.6. The molecule has 0 bridgehead atoms. The zero-order chi connectivity index (χ0) is 24.0. The van der Waals surface area contributed by atoms with Crippen molar-refractivity contribution in [1.82, 2.24) is 19.5 Å². The molecule has 0 saturated carbocycles. The van der Waals surface area contributed by atoms with E-state index in [0.29, 0.717) is 19.6 Å². The van der Waals surface area contributed by atoms with Gasteiger partial charge in [-0.25, -0.2) is 9.97 Å². The molecule has 2 aliphatic heterocycles. The van der Waals surface area contributed by atoms with E-state index in [1.165, 1.54) is 5.56 Å². The number of aryl methyl sites for hydroxylation is 2. The third kappa shape index (κ3) is 3.73. The summed E-state index contributed by atoms with van der Waals surface area (Å²) in [6, 6.07) is 10.6. The molecule has 0 unspecified atom stereocenters. The predicted octanol–water partition coefficient (Wildman–Crippen LogP) is 4.27. The maximum absolute atomic E-state index is 9.42. The number of hydrogen-bond acceptors (Lipinski definition) is 7. The molecule has 1 N–H and O–H groups in total. The van der Waals surface area contributed by atoms with E-state index in [1.54, 1.807) is 7.11 Å². The first kappa shape index (κ1) is 21.8. The lowest BCUT2D eigenvalue weighted by molar-refractivity contribution is 0.331. The SMILES string of the molecule is COc1cc(-c2ncc(C)n2C)ccc1NN1C=Cc2cc(C)nc(N3CC(C)(C#N)C3)c2C1. The van der Waals surface area contributed by atoms with E-state index in [-0.39, 0.29) is 5.41 Å². The van der Waals surface area contributed by atoms with E-state index in [9.17, 15) is 5.26 Å². The average molecular weight is 456 g/mol. The summed E-state index contributed by atoms with van der Waals surface area (Å²) in [6.45, 7) is 8.10. The van der Waals surface area contributed by atoms with E-state index >= 15 is 0 Å². The summed E-state index contributed by atoms with van der Waals surface area (Å²) in [5, 5.41) is 11.5. The second-order valence-electron chi connectivity index (χ2n) is 9.44. The molecular formula is C26H29N7O. The molecule has 1 saturated heterocycles. The molecule has 1 aromatic carbocycles. The topological polar surface area (TPSA) is 82.2 Å². The molecule has 4 heterocycles. The first-order valence-electron chi connectivity index (χ1n) is 11.4. The Hall–Kier alpha value is -3.99. The van der Waals surface area contributed by atoms with Crippen molar-refractivity contribution in [3.63, 3.8) is 0 Å². The van der Waals surface area contributed by atoms with Crippen LogP contribution < -0.4 is 15.1 Å². The first-order chi connectivity index (χ1) is 16.3. The van der Waals surface area contributed by atoms with Gasteiger partial charge in [0.15, 0.2) is 0 Å². The minimum Gasteiger partial charge on any atom is -0.494 e. The highest BCUT2D eigenvalue weighted by Gasteiger charge is 2.41. The van der Waals surface area contributed by atoms with Gasteiger partial charge in [-0.15, -0.1) is 0 Å². The molecule has 174 valence electrons. The van der Waals surface area contributed by atoms with Crippen molar-refractivity contribution in [2.24, 2.45) is 12.5 Å². The first-order valence-corrected chi connectivity index (χ1v) is 11.4. The van der Waals surface area contributed by atoms with Crippen molar-refractivity contribution in [2.75, 3.05) is 30.5 Å². The van der Waals surface area contributed by atoms with Gasteiger partial charge in [-0.3, -0.25) is 10.4 Å². The lowest BCUT2D eigenvalue weighted by atomic mass is 9.83. The van der Waals surface area contributed by atoms with Gasteiger partial charge in [-0.05, 0) is 56.7 Å². The normalized spacial score (nSPS) is 16.0. The Kier molecular flexibility index (Phi) is 5.20. The van der Waals surface area contributed by atoms with Gasteiger partial charge in [0, 0.05) is 55.0 Å². The van der Waals surface area contributed by atoms with E-state index in [4.69, 9.17) is 9.72 Å². The van der Waals surface area contributed by atoms with Crippen molar-refractivity contribution in [3.8, 4) is 23.2 Å². The summed E-state index contributed by atoms with van der Waals surface area (Å²) >= 11 is 0. The number of nitrogens with one attached hydrogen (secondary N) is 1. The number of methoxy groups -OCH3 is 1. The van der Waals surface area contributed by atoms with Crippen LogP contribution in [0.4, 0.5) is 11.5 Å². The second-order valence-corrected chi connectivity index (χ2v) is 9.44. The summed E-state index contributed by atoms with van der Waals surface area (Å²) in [6.07, 6.45) is 6.01. The van der Waals surface area contributed by atoms with Crippen LogP contribution in [0.3, 0.4) is 0 Å². The maximum Gasteiger partial charge on any atom is 0.144 e. The van der Waals surface area contributed by atoms with Crippen LogP contribution >= 0.6 is 0 Å². The molecule has 0 aliphatic carbocycles. The fourth-order valence-electron chi connectivity index (χ4n) is 4.61. The van der Waals surface area contributed by atoms with Crippen LogP contribution in [0.2, 0.25) is 0 Å². The Bertz CT molecular complexity index is 1330. The van der Waals surface area contributed by atoms with Gasteiger partial charge in [0.05, 0.1) is 30.8 Å². The number of hydrazine groups is 1. The number of rotatable bonds is 5. The van der Waals surface area contributed by atoms with Crippen LogP contribution in [0.15, 0.2) is 36.7 Å². The summed E-state index contributed by atoms with van der Waals surface area (Å²) in [5.74, 6) is 2.61. The van der Waals surface area contributed by atoms with Gasteiger partial charge < -0.3 is 14.2 Å². The van der Waals surface area contributed by atoms with Crippen LogP contribution in [0.25, 0.3) is 17.5 Å². The molecule has 1 fully saturated rings. The van der Waals surface area contributed by atoms with Crippen molar-refractivity contribution >= 4 is 17.6 Å². The van der Waals surface area contributed by atoms with Gasteiger partial charge in [-0.1, -0.05) is 0 Å². The van der Waals surface area contributed by atoms with Crippen molar-refractivity contribution in [2.45, 2.75) is 27.3 Å². The quantitative estimate of drug-likeness (QED) is 0.615. The number of nitriles is 1. The number of hydrogen-bond donors (Lipinski definition) is 1. The number of anilines is 2. The third-order valence-corrected chi connectivity index (χ3v) is 6.62. The van der Waals surface area contributed by atoms with E-state index < -0.39 is 0 Å². The van der Waals surface area contributed by atoms with E-state index in [2.05, 4.69) is 38.1 Å². The summed E-state index contributed by atoms with van der Waals surface area (Å²) < 4.78 is 7.77. The predicted molar refractivity (Wildman–Crippen MR) is 133 cm³/mol. The molecule has 5 rings (SSSR count). The van der Waals surface area contributed by atoms with Gasteiger partial charge in [0.25, 0.3) is 0 Å². The smallest absolute Gasteiger partial charge is 0.144 e. The number of imidazole rings is 1. The fourth-order valence-corrected chi connectivity index (χ4v) is 4.61. The zero-order valence-electron chi connectivity index (χ0n) is 20.3. The van der Waals surface area contributed by atoms with Gasteiger partial charge >= 0.3 is 0 Å². The number of pyridine rings is 1. The second kappa shape index (κ2) is 8.10. The van der Waals surface area contributed by atoms with Crippen LogP contribution in [-0.2, 0) is 13.6 Å². The molecular weight excluding hydrogens is 426 g/mol. The molecule has 0 atom stereocenters. The van der Waals surface area contributed by atoms with Crippen LogP contribution in [-0.4, -0.2) is 39.7 Å². The lowest BCUT2D eigenvalue weighted by Gasteiger charge is -2.45. The van der Waals surface area contributed by atoms with Crippen LogP contribution in [0.5, 0.6) is 5.75 Å². The molecule has 0 amide bonds. The molecule has 34 heavy (non-hydrogen) atoms. The van der Waals surface area contributed by atoms with Crippen molar-refractivity contribution in [1.29, 1.82) is 5.26 Å². The molecule has 8 heteroatoms. The van der Waals surface area contributed by atoms with E-state index in [0.717, 1.165) is 45.6 Å². The third-order valence-electron chi connectivity index (χ3n) is 6.62. The van der Waals surface area contributed by atoms with Crippen molar-refractivity contribution < 1.29 is 4.74 Å². The highest BCUT2D eigenvalue weighted by Crippen LogP contribution is 2.38. The standard InChI is InChI=1S/C26H29N7O/c1-17-10-19-8-9-33(13-21(19)25(29-17)32-15-26(3,14-27)16-32)30-22-7-6-20(11-23(22)34-5)24-28-12-18(2)31(24)4/h6-12,30H,13,15-16H2,1-5H3. The molecule has 0 radical (unpaired) electrons. The number of aromatic nitrogens is 3. The number of benzene rings is 1. The molecule has 3 aromatic rings. The Labute approximate surface area is 200 Å². The van der Waals surface area contributed by atoms with Crippen molar-refractivity contribution in [3.05, 3.63) is 59.2 Å². The highest BCUT2D eigenvalue weighted by molar-refractivity contribution is 5.69. The Balaban J connectivity index is 1.39. The number of nitrogens with zero attached hydrogens (tertiary/aromatic N) is 6. The Morgan fingerprint density at radius 3 is 2.68 bits per heavy atom. The minimum atomic E-state index is -0.304.